The number of nitrogens with one attached hydrogen (secondary N) is 1. The molecule has 2 fully saturated rings. The Morgan fingerprint density at radius 3 is 2.44 bits per heavy atom. The molecule has 104 valence electrons. The van der Waals surface area contributed by atoms with Gasteiger partial charge in [-0.25, -0.2) is 8.42 Å². The second-order valence-corrected chi connectivity index (χ2v) is 7.63. The molecule has 2 heterocycles. The van der Waals surface area contributed by atoms with Crippen LogP contribution in [0.5, 0.6) is 0 Å². The van der Waals surface area contributed by atoms with E-state index in [1.165, 1.54) is 12.8 Å². The summed E-state index contributed by atoms with van der Waals surface area (Å²) in [7, 11) is -3.21. The number of amides is 1. The molecule has 2 aliphatic rings. The number of sulfone groups is 1. The molecule has 0 aliphatic carbocycles. The van der Waals surface area contributed by atoms with Crippen LogP contribution < -0.4 is 5.32 Å². The maximum atomic E-state index is 11.8. The Morgan fingerprint density at radius 1 is 1.28 bits per heavy atom. The second-order valence-electron chi connectivity index (χ2n) is 5.49. The lowest BCUT2D eigenvalue weighted by molar-refractivity contribution is -0.129. The van der Waals surface area contributed by atoms with Gasteiger partial charge >= 0.3 is 0 Å². The van der Waals surface area contributed by atoms with Gasteiger partial charge in [-0.1, -0.05) is 0 Å². The lowest BCUT2D eigenvalue weighted by Crippen LogP contribution is -2.45. The highest BCUT2D eigenvalue weighted by Gasteiger charge is 2.30. The van der Waals surface area contributed by atoms with Crippen molar-refractivity contribution in [2.45, 2.75) is 31.7 Å². The van der Waals surface area contributed by atoms with Gasteiger partial charge in [0.1, 0.15) is 5.75 Å². The Hall–Kier alpha value is -0.620. The normalized spacial score (nSPS) is 26.5. The van der Waals surface area contributed by atoms with Crippen LogP contribution in [0.1, 0.15) is 25.7 Å². The molecule has 6 heteroatoms. The molecule has 5 nitrogen and oxygen atoms in total. The molecule has 1 atom stereocenters. The van der Waals surface area contributed by atoms with E-state index in [1.54, 1.807) is 4.90 Å². The molecule has 0 aromatic heterocycles. The zero-order valence-corrected chi connectivity index (χ0v) is 11.7. The third-order valence-corrected chi connectivity index (χ3v) is 4.72. The van der Waals surface area contributed by atoms with Crippen LogP contribution in [0.25, 0.3) is 0 Å². The zero-order valence-electron chi connectivity index (χ0n) is 10.9. The number of hydrogen-bond donors (Lipinski definition) is 1. The van der Waals surface area contributed by atoms with Crippen LogP contribution in [0.3, 0.4) is 0 Å². The van der Waals surface area contributed by atoms with Gasteiger partial charge in [0.15, 0.2) is 9.84 Å². The number of nitrogens with zero attached hydrogens (tertiary/aromatic N) is 1. The molecular formula is C12H22N2O3S. The Kier molecular flexibility index (Phi) is 4.27. The van der Waals surface area contributed by atoms with Gasteiger partial charge in [-0.2, -0.15) is 0 Å². The van der Waals surface area contributed by atoms with Crippen LogP contribution in [-0.4, -0.2) is 56.9 Å². The first-order valence-electron chi connectivity index (χ1n) is 6.64. The van der Waals surface area contributed by atoms with Crippen LogP contribution in [0.15, 0.2) is 0 Å². The predicted octanol–water partition coefficient (Wildman–Crippen LogP) is 0.0216. The fraction of sp³-hybridized carbons (Fsp3) is 0.917. The number of carbonyl (C=O) groups excluding carboxylic acids is 1. The number of hydrogen-bond acceptors (Lipinski definition) is 4. The molecule has 0 spiro atoms. The summed E-state index contributed by atoms with van der Waals surface area (Å²) in [5.74, 6) is 0.0596. The molecule has 0 radical (unpaired) electrons. The quantitative estimate of drug-likeness (QED) is 0.788. The van der Waals surface area contributed by atoms with E-state index in [1.807, 2.05) is 0 Å². The van der Waals surface area contributed by atoms with Crippen LogP contribution in [0, 0.1) is 5.92 Å². The number of rotatable bonds is 3. The monoisotopic (exact) mass is 274 g/mol. The van der Waals surface area contributed by atoms with E-state index in [0.717, 1.165) is 25.6 Å². The SMILES string of the molecule is CS(=O)(=O)CC(=O)N1CCC(C2CCCN2)CC1. The zero-order chi connectivity index (χ0) is 13.2. The highest BCUT2D eigenvalue weighted by Crippen LogP contribution is 2.25. The highest BCUT2D eigenvalue weighted by molar-refractivity contribution is 7.91. The minimum atomic E-state index is -3.21. The largest absolute Gasteiger partial charge is 0.342 e. The van der Waals surface area contributed by atoms with Crippen molar-refractivity contribution in [2.24, 2.45) is 5.92 Å². The molecule has 1 amide bonds. The van der Waals surface area contributed by atoms with Crippen LogP contribution in [0.4, 0.5) is 0 Å². The van der Waals surface area contributed by atoms with E-state index < -0.39 is 9.84 Å². The first-order valence-corrected chi connectivity index (χ1v) is 8.70. The summed E-state index contributed by atoms with van der Waals surface area (Å²) in [6, 6.07) is 0.608. The minimum absolute atomic E-state index is 0.240. The maximum absolute atomic E-state index is 11.8. The van der Waals surface area contributed by atoms with Crippen molar-refractivity contribution in [3.05, 3.63) is 0 Å². The van der Waals surface area contributed by atoms with Crippen molar-refractivity contribution >= 4 is 15.7 Å². The molecular weight excluding hydrogens is 252 g/mol. The summed E-state index contributed by atoms with van der Waals surface area (Å²) < 4.78 is 22.2. The minimum Gasteiger partial charge on any atom is -0.342 e. The Bertz CT molecular complexity index is 394. The van der Waals surface area contributed by atoms with Gasteiger partial charge in [-0.05, 0) is 38.1 Å². The molecule has 0 saturated carbocycles. The molecule has 2 aliphatic heterocycles. The predicted molar refractivity (Wildman–Crippen MR) is 70.0 cm³/mol. The van der Waals surface area contributed by atoms with Gasteiger partial charge in [-0.15, -0.1) is 0 Å². The summed E-state index contributed by atoms with van der Waals surface area (Å²) in [5, 5.41) is 3.51. The van der Waals surface area contributed by atoms with E-state index in [-0.39, 0.29) is 11.7 Å². The smallest absolute Gasteiger partial charge is 0.237 e. The van der Waals surface area contributed by atoms with Crippen molar-refractivity contribution in [3.8, 4) is 0 Å². The Balaban J connectivity index is 1.81. The van der Waals surface area contributed by atoms with Crippen molar-refractivity contribution < 1.29 is 13.2 Å². The van der Waals surface area contributed by atoms with Gasteiger partial charge in [0, 0.05) is 25.4 Å². The molecule has 0 aromatic rings. The average molecular weight is 274 g/mol. The Labute approximate surface area is 109 Å². The first kappa shape index (κ1) is 13.8. The molecule has 2 saturated heterocycles. The van der Waals surface area contributed by atoms with Gasteiger partial charge in [-0.3, -0.25) is 4.79 Å². The molecule has 1 unspecified atom stereocenters. The maximum Gasteiger partial charge on any atom is 0.237 e. The van der Waals surface area contributed by atoms with Gasteiger partial charge < -0.3 is 10.2 Å². The van der Waals surface area contributed by atoms with Gasteiger partial charge in [0.05, 0.1) is 0 Å². The molecule has 0 aromatic carbocycles. The molecule has 1 N–H and O–H groups in total. The van der Waals surface area contributed by atoms with Crippen molar-refractivity contribution in [2.75, 3.05) is 31.6 Å². The van der Waals surface area contributed by atoms with Crippen molar-refractivity contribution in [1.29, 1.82) is 0 Å². The number of piperidine rings is 1. The van der Waals surface area contributed by atoms with E-state index in [0.29, 0.717) is 25.0 Å². The summed E-state index contributed by atoms with van der Waals surface area (Å²) in [5.41, 5.74) is 0. The summed E-state index contributed by atoms with van der Waals surface area (Å²) >= 11 is 0. The van der Waals surface area contributed by atoms with Crippen molar-refractivity contribution in [3.63, 3.8) is 0 Å². The average Bonchev–Trinajstić information content (AvgIpc) is 2.80. The first-order chi connectivity index (χ1) is 8.46. The summed E-state index contributed by atoms with van der Waals surface area (Å²) in [6.45, 7) is 2.52. The standard InChI is InChI=1S/C12H22N2O3S/c1-18(16,17)9-12(15)14-7-4-10(5-8-14)11-3-2-6-13-11/h10-11,13H,2-9H2,1H3. The van der Waals surface area contributed by atoms with Crippen LogP contribution >= 0.6 is 0 Å². The second kappa shape index (κ2) is 5.57. The van der Waals surface area contributed by atoms with E-state index in [2.05, 4.69) is 5.32 Å². The van der Waals surface area contributed by atoms with Gasteiger partial charge in [0.25, 0.3) is 0 Å². The lowest BCUT2D eigenvalue weighted by Gasteiger charge is -2.34. The third-order valence-electron chi connectivity index (χ3n) is 3.95. The fourth-order valence-electron chi connectivity index (χ4n) is 2.98. The fourth-order valence-corrected chi connectivity index (χ4v) is 3.61. The van der Waals surface area contributed by atoms with Crippen molar-refractivity contribution in [1.82, 2.24) is 10.2 Å². The number of carbonyl (C=O) groups is 1. The topological polar surface area (TPSA) is 66.5 Å². The van der Waals surface area contributed by atoms with E-state index in [9.17, 15) is 13.2 Å². The summed E-state index contributed by atoms with van der Waals surface area (Å²) in [6.07, 6.45) is 5.58. The summed E-state index contributed by atoms with van der Waals surface area (Å²) in [4.78, 5) is 13.5. The van der Waals surface area contributed by atoms with Crippen LogP contribution in [-0.2, 0) is 14.6 Å². The number of likely N-dealkylation sites (tertiary alicyclic amines) is 1. The lowest BCUT2D eigenvalue weighted by atomic mass is 9.88. The Morgan fingerprint density at radius 2 is 1.94 bits per heavy atom. The molecule has 2 rings (SSSR count). The van der Waals surface area contributed by atoms with E-state index in [4.69, 9.17) is 0 Å². The van der Waals surface area contributed by atoms with E-state index >= 15 is 0 Å². The van der Waals surface area contributed by atoms with Gasteiger partial charge in [0.2, 0.25) is 5.91 Å². The molecule has 18 heavy (non-hydrogen) atoms. The highest BCUT2D eigenvalue weighted by atomic mass is 32.2. The third kappa shape index (κ3) is 3.68. The van der Waals surface area contributed by atoms with Crippen LogP contribution in [0.2, 0.25) is 0 Å². The molecule has 0 bridgehead atoms.